The Kier molecular flexibility index (Phi) is 4.47. The molecule has 3 unspecified atom stereocenters. The fourth-order valence-electron chi connectivity index (χ4n) is 2.87. The second-order valence-electron chi connectivity index (χ2n) is 5.77. The molecule has 1 saturated heterocycles. The molecule has 0 saturated carbocycles. The van der Waals surface area contributed by atoms with E-state index >= 15 is 0 Å². The van der Waals surface area contributed by atoms with E-state index in [-0.39, 0.29) is 0 Å². The Bertz CT molecular complexity index is 408. The summed E-state index contributed by atoms with van der Waals surface area (Å²) in [6, 6.07) is 1.29. The van der Waals surface area contributed by atoms with Crippen LogP contribution >= 0.6 is 0 Å². The predicted molar refractivity (Wildman–Crippen MR) is 77.8 cm³/mol. The second-order valence-corrected chi connectivity index (χ2v) is 5.77. The molecule has 1 aliphatic heterocycles. The lowest BCUT2D eigenvalue weighted by Crippen LogP contribution is -2.55. The van der Waals surface area contributed by atoms with Gasteiger partial charge in [0.2, 0.25) is 5.95 Å². The summed E-state index contributed by atoms with van der Waals surface area (Å²) >= 11 is 0. The molecular weight excluding hydrogens is 240 g/mol. The molecule has 0 bridgehead atoms. The fraction of sp³-hybridized carbons (Fsp3) is 0.786. The highest BCUT2D eigenvalue weighted by molar-refractivity contribution is 5.35. The molecule has 0 spiro atoms. The molecule has 3 atom stereocenters. The van der Waals surface area contributed by atoms with E-state index in [4.69, 9.17) is 9.72 Å². The summed E-state index contributed by atoms with van der Waals surface area (Å²) < 4.78 is 7.51. The van der Waals surface area contributed by atoms with Gasteiger partial charge in [0.1, 0.15) is 0 Å². The van der Waals surface area contributed by atoms with E-state index in [2.05, 4.69) is 48.7 Å². The Balaban J connectivity index is 2.23. The summed E-state index contributed by atoms with van der Waals surface area (Å²) in [5.41, 5.74) is 1.07. The maximum Gasteiger partial charge on any atom is 0.206 e. The number of nitrogens with one attached hydrogen (secondary N) is 1. The Morgan fingerprint density at radius 2 is 2.05 bits per heavy atom. The van der Waals surface area contributed by atoms with E-state index in [1.807, 2.05) is 0 Å². The summed E-state index contributed by atoms with van der Waals surface area (Å²) in [5.74, 6) is 1.07. The molecule has 5 nitrogen and oxygen atoms in total. The number of imidazole rings is 1. The van der Waals surface area contributed by atoms with Gasteiger partial charge in [-0.05, 0) is 27.7 Å². The van der Waals surface area contributed by atoms with Gasteiger partial charge in [0.15, 0.2) is 0 Å². The van der Waals surface area contributed by atoms with Gasteiger partial charge < -0.3 is 19.5 Å². The minimum atomic E-state index is 0.307. The molecule has 2 heterocycles. The van der Waals surface area contributed by atoms with Crippen molar-refractivity contribution in [1.82, 2.24) is 14.9 Å². The molecule has 5 heteroatoms. The van der Waals surface area contributed by atoms with Gasteiger partial charge in [0, 0.05) is 38.5 Å². The van der Waals surface area contributed by atoms with Crippen LogP contribution in [0.5, 0.6) is 0 Å². The first kappa shape index (κ1) is 14.3. The average molecular weight is 266 g/mol. The molecule has 1 aromatic heterocycles. The smallest absolute Gasteiger partial charge is 0.206 e. The summed E-state index contributed by atoms with van der Waals surface area (Å²) in [7, 11) is 1.74. The maximum absolute atomic E-state index is 5.27. The molecular formula is C14H26N4O. The molecule has 1 aromatic rings. The van der Waals surface area contributed by atoms with Crippen LogP contribution in [0.1, 0.15) is 32.5 Å². The van der Waals surface area contributed by atoms with Crippen LogP contribution in [0.2, 0.25) is 0 Å². The van der Waals surface area contributed by atoms with Crippen molar-refractivity contribution in [3.05, 3.63) is 11.9 Å². The zero-order valence-electron chi connectivity index (χ0n) is 12.7. The standard InChI is InChI=1S/C14H26N4O/c1-10-6-17(7-11(2)15-10)14-16-12(3)8-18(14)13(4)9-19-5/h8,10-11,13,15H,6-7,9H2,1-5H3. The number of rotatable bonds is 4. The first-order chi connectivity index (χ1) is 9.01. The number of methoxy groups -OCH3 is 1. The van der Waals surface area contributed by atoms with Crippen molar-refractivity contribution in [2.75, 3.05) is 31.7 Å². The summed E-state index contributed by atoms with van der Waals surface area (Å²) in [4.78, 5) is 7.09. The third-order valence-electron chi connectivity index (χ3n) is 3.56. The highest BCUT2D eigenvalue weighted by Crippen LogP contribution is 2.22. The van der Waals surface area contributed by atoms with Gasteiger partial charge in [-0.1, -0.05) is 0 Å². The molecule has 0 aromatic carbocycles. The SMILES string of the molecule is COCC(C)n1cc(C)nc1N1CC(C)NC(C)C1. The van der Waals surface area contributed by atoms with Crippen LogP contribution in [0, 0.1) is 6.92 Å². The van der Waals surface area contributed by atoms with Gasteiger partial charge in [-0.3, -0.25) is 0 Å². The van der Waals surface area contributed by atoms with Crippen molar-refractivity contribution in [3.8, 4) is 0 Å². The van der Waals surface area contributed by atoms with E-state index in [0.717, 1.165) is 24.7 Å². The maximum atomic E-state index is 5.27. The lowest BCUT2D eigenvalue weighted by molar-refractivity contribution is 0.162. The van der Waals surface area contributed by atoms with Crippen LogP contribution in [-0.4, -0.2) is 48.4 Å². The number of piperazine rings is 1. The Hall–Kier alpha value is -1.07. The summed E-state index contributed by atoms with van der Waals surface area (Å²) in [6.07, 6.45) is 2.12. The van der Waals surface area contributed by atoms with Crippen LogP contribution in [0.25, 0.3) is 0 Å². The van der Waals surface area contributed by atoms with Gasteiger partial charge in [0.05, 0.1) is 18.3 Å². The number of hydrogen-bond acceptors (Lipinski definition) is 4. The average Bonchev–Trinajstić information content (AvgIpc) is 2.70. The molecule has 1 N–H and O–H groups in total. The lowest BCUT2D eigenvalue weighted by atomic mass is 10.1. The Morgan fingerprint density at radius 1 is 1.42 bits per heavy atom. The van der Waals surface area contributed by atoms with Crippen LogP contribution in [0.15, 0.2) is 6.20 Å². The van der Waals surface area contributed by atoms with Crippen LogP contribution in [-0.2, 0) is 4.74 Å². The zero-order valence-corrected chi connectivity index (χ0v) is 12.7. The zero-order chi connectivity index (χ0) is 14.0. The Morgan fingerprint density at radius 3 is 2.63 bits per heavy atom. The van der Waals surface area contributed by atoms with E-state index in [1.165, 1.54) is 0 Å². The lowest BCUT2D eigenvalue weighted by Gasteiger charge is -2.37. The van der Waals surface area contributed by atoms with Crippen molar-refractivity contribution in [3.63, 3.8) is 0 Å². The quantitative estimate of drug-likeness (QED) is 0.898. The van der Waals surface area contributed by atoms with Crippen molar-refractivity contribution >= 4 is 5.95 Å². The topological polar surface area (TPSA) is 42.3 Å². The van der Waals surface area contributed by atoms with Crippen LogP contribution in [0.4, 0.5) is 5.95 Å². The van der Waals surface area contributed by atoms with Gasteiger partial charge in [-0.2, -0.15) is 0 Å². The van der Waals surface area contributed by atoms with Crippen molar-refractivity contribution < 1.29 is 4.74 Å². The van der Waals surface area contributed by atoms with E-state index in [1.54, 1.807) is 7.11 Å². The molecule has 19 heavy (non-hydrogen) atoms. The Labute approximate surface area is 116 Å². The second kappa shape index (κ2) is 5.92. The molecule has 2 rings (SSSR count). The van der Waals surface area contributed by atoms with Crippen molar-refractivity contribution in [1.29, 1.82) is 0 Å². The highest BCUT2D eigenvalue weighted by Gasteiger charge is 2.25. The fourth-order valence-corrected chi connectivity index (χ4v) is 2.87. The summed E-state index contributed by atoms with van der Waals surface area (Å²) in [5, 5.41) is 3.56. The highest BCUT2D eigenvalue weighted by atomic mass is 16.5. The number of aromatic nitrogens is 2. The van der Waals surface area contributed by atoms with E-state index < -0.39 is 0 Å². The van der Waals surface area contributed by atoms with Gasteiger partial charge in [0.25, 0.3) is 0 Å². The van der Waals surface area contributed by atoms with Gasteiger partial charge in [-0.25, -0.2) is 4.98 Å². The molecule has 0 amide bonds. The van der Waals surface area contributed by atoms with Crippen LogP contribution < -0.4 is 10.2 Å². The van der Waals surface area contributed by atoms with Gasteiger partial charge >= 0.3 is 0 Å². The monoisotopic (exact) mass is 266 g/mol. The minimum absolute atomic E-state index is 0.307. The minimum Gasteiger partial charge on any atom is -0.383 e. The normalized spacial score (nSPS) is 25.6. The third-order valence-corrected chi connectivity index (χ3v) is 3.56. The molecule has 108 valence electrons. The number of hydrogen-bond donors (Lipinski definition) is 1. The van der Waals surface area contributed by atoms with E-state index in [0.29, 0.717) is 24.7 Å². The van der Waals surface area contributed by atoms with Crippen molar-refractivity contribution in [2.24, 2.45) is 0 Å². The predicted octanol–water partition coefficient (Wildman–Crippen LogP) is 1.59. The van der Waals surface area contributed by atoms with Gasteiger partial charge in [-0.15, -0.1) is 0 Å². The molecule has 1 fully saturated rings. The molecule has 0 aliphatic carbocycles. The van der Waals surface area contributed by atoms with Crippen LogP contribution in [0.3, 0.4) is 0 Å². The number of aryl methyl sites for hydroxylation is 1. The molecule has 0 radical (unpaired) electrons. The number of nitrogens with zero attached hydrogens (tertiary/aromatic N) is 3. The number of anilines is 1. The van der Waals surface area contributed by atoms with E-state index in [9.17, 15) is 0 Å². The summed E-state index contributed by atoms with van der Waals surface area (Å²) in [6.45, 7) is 11.4. The molecule has 1 aliphatic rings. The first-order valence-electron chi connectivity index (χ1n) is 7.06. The number of ether oxygens (including phenoxy) is 1. The first-order valence-corrected chi connectivity index (χ1v) is 7.06. The largest absolute Gasteiger partial charge is 0.383 e. The third kappa shape index (κ3) is 3.28. The van der Waals surface area contributed by atoms with Crippen molar-refractivity contribution in [2.45, 2.75) is 45.8 Å².